The summed E-state index contributed by atoms with van der Waals surface area (Å²) in [6, 6.07) is 12.7. The number of ether oxygens (including phenoxy) is 3. The Bertz CT molecular complexity index is 727. The molecule has 0 aliphatic carbocycles. The van der Waals surface area contributed by atoms with Gasteiger partial charge in [0.1, 0.15) is 23.9 Å². The van der Waals surface area contributed by atoms with Gasteiger partial charge < -0.3 is 19.5 Å². The van der Waals surface area contributed by atoms with Gasteiger partial charge in [-0.25, -0.2) is 0 Å². The third-order valence-corrected chi connectivity index (χ3v) is 3.60. The minimum atomic E-state index is -0.151. The van der Waals surface area contributed by atoms with Crippen molar-refractivity contribution in [2.75, 3.05) is 27.4 Å². The average molecular weight is 341 g/mol. The molecule has 0 spiro atoms. The number of rotatable bonds is 9. The third kappa shape index (κ3) is 5.28. The molecule has 0 saturated heterocycles. The van der Waals surface area contributed by atoms with Gasteiger partial charge in [0.25, 0.3) is 5.91 Å². The molecular weight excluding hydrogens is 318 g/mol. The highest BCUT2D eigenvalue weighted by Gasteiger charge is 2.09. The number of hydrogen-bond donors (Lipinski definition) is 1. The number of hydrogen-bond acceptors (Lipinski definition) is 4. The first kappa shape index (κ1) is 18.4. The van der Waals surface area contributed by atoms with Gasteiger partial charge >= 0.3 is 0 Å². The van der Waals surface area contributed by atoms with E-state index in [0.29, 0.717) is 30.9 Å². The van der Waals surface area contributed by atoms with E-state index in [0.717, 1.165) is 17.1 Å². The molecule has 0 aromatic heterocycles. The molecule has 2 aromatic rings. The Labute approximate surface area is 148 Å². The maximum Gasteiger partial charge on any atom is 0.251 e. The quantitative estimate of drug-likeness (QED) is 0.562. The van der Waals surface area contributed by atoms with Crippen LogP contribution in [-0.2, 0) is 6.42 Å². The summed E-state index contributed by atoms with van der Waals surface area (Å²) in [4.78, 5) is 12.3. The first-order valence-corrected chi connectivity index (χ1v) is 8.00. The van der Waals surface area contributed by atoms with E-state index < -0.39 is 0 Å². The molecule has 2 aromatic carbocycles. The van der Waals surface area contributed by atoms with Crippen molar-refractivity contribution in [3.63, 3.8) is 0 Å². The third-order valence-electron chi connectivity index (χ3n) is 3.60. The molecule has 0 bridgehead atoms. The van der Waals surface area contributed by atoms with Crippen LogP contribution in [0.25, 0.3) is 0 Å². The number of allylic oxidation sites excluding steroid dienone is 1. The molecule has 0 fully saturated rings. The molecule has 0 radical (unpaired) electrons. The Morgan fingerprint density at radius 1 is 1.12 bits per heavy atom. The minimum absolute atomic E-state index is 0.151. The molecule has 0 unspecified atom stereocenters. The van der Waals surface area contributed by atoms with Crippen molar-refractivity contribution in [2.45, 2.75) is 6.42 Å². The Balaban J connectivity index is 1.87. The summed E-state index contributed by atoms with van der Waals surface area (Å²) in [7, 11) is 3.21. The van der Waals surface area contributed by atoms with Crippen LogP contribution in [0.5, 0.6) is 17.2 Å². The number of carbonyl (C=O) groups excluding carboxylic acids is 1. The molecule has 2 rings (SSSR count). The topological polar surface area (TPSA) is 56.8 Å². The second-order valence-electron chi connectivity index (χ2n) is 5.30. The monoisotopic (exact) mass is 341 g/mol. The average Bonchev–Trinajstić information content (AvgIpc) is 2.65. The van der Waals surface area contributed by atoms with Gasteiger partial charge in [-0.05, 0) is 42.3 Å². The van der Waals surface area contributed by atoms with Crippen LogP contribution in [0.15, 0.2) is 55.1 Å². The van der Waals surface area contributed by atoms with Crippen molar-refractivity contribution >= 4 is 5.91 Å². The Morgan fingerprint density at radius 3 is 2.64 bits per heavy atom. The van der Waals surface area contributed by atoms with Crippen LogP contribution >= 0.6 is 0 Å². The lowest BCUT2D eigenvalue weighted by Crippen LogP contribution is -2.28. The van der Waals surface area contributed by atoms with Gasteiger partial charge in [-0.3, -0.25) is 4.79 Å². The van der Waals surface area contributed by atoms with Crippen molar-refractivity contribution in [1.29, 1.82) is 0 Å². The van der Waals surface area contributed by atoms with E-state index in [-0.39, 0.29) is 5.91 Å². The summed E-state index contributed by atoms with van der Waals surface area (Å²) in [6.45, 7) is 4.50. The SMILES string of the molecule is C=CCc1cc(C(=O)NCCOc2cccc(OC)c2)ccc1OC. The molecule has 0 aliphatic rings. The fourth-order valence-electron chi connectivity index (χ4n) is 2.36. The van der Waals surface area contributed by atoms with E-state index in [1.165, 1.54) is 0 Å². The van der Waals surface area contributed by atoms with E-state index >= 15 is 0 Å². The Morgan fingerprint density at radius 2 is 1.92 bits per heavy atom. The van der Waals surface area contributed by atoms with Gasteiger partial charge in [-0.1, -0.05) is 12.1 Å². The lowest BCUT2D eigenvalue weighted by atomic mass is 10.1. The van der Waals surface area contributed by atoms with Crippen molar-refractivity contribution in [1.82, 2.24) is 5.32 Å². The van der Waals surface area contributed by atoms with Crippen LogP contribution in [0.1, 0.15) is 15.9 Å². The van der Waals surface area contributed by atoms with Gasteiger partial charge in [-0.15, -0.1) is 6.58 Å². The fourth-order valence-corrected chi connectivity index (χ4v) is 2.36. The smallest absolute Gasteiger partial charge is 0.251 e. The molecule has 1 amide bonds. The molecular formula is C20H23NO4. The van der Waals surface area contributed by atoms with Gasteiger partial charge in [0.05, 0.1) is 20.8 Å². The highest BCUT2D eigenvalue weighted by molar-refractivity contribution is 5.94. The lowest BCUT2D eigenvalue weighted by Gasteiger charge is -2.11. The predicted octanol–water partition coefficient (Wildman–Crippen LogP) is 3.24. The summed E-state index contributed by atoms with van der Waals surface area (Å²) in [5.74, 6) is 2.03. The van der Waals surface area contributed by atoms with Crippen molar-refractivity contribution < 1.29 is 19.0 Å². The van der Waals surface area contributed by atoms with Crippen LogP contribution in [0, 0.1) is 0 Å². The summed E-state index contributed by atoms with van der Waals surface area (Å²) < 4.78 is 16.0. The molecule has 0 heterocycles. The van der Waals surface area contributed by atoms with Gasteiger partial charge in [0, 0.05) is 11.6 Å². The normalized spacial score (nSPS) is 10.0. The lowest BCUT2D eigenvalue weighted by molar-refractivity contribution is 0.0947. The number of amides is 1. The number of methoxy groups -OCH3 is 2. The molecule has 1 N–H and O–H groups in total. The van der Waals surface area contributed by atoms with Gasteiger partial charge in [0.2, 0.25) is 0 Å². The molecule has 5 heteroatoms. The second-order valence-corrected chi connectivity index (χ2v) is 5.30. The first-order valence-electron chi connectivity index (χ1n) is 8.00. The van der Waals surface area contributed by atoms with Gasteiger partial charge in [0.15, 0.2) is 0 Å². The van der Waals surface area contributed by atoms with Crippen molar-refractivity contribution in [3.8, 4) is 17.2 Å². The van der Waals surface area contributed by atoms with Crippen LogP contribution in [0.3, 0.4) is 0 Å². The van der Waals surface area contributed by atoms with Crippen LogP contribution in [-0.4, -0.2) is 33.3 Å². The standard InChI is InChI=1S/C20H23NO4/c1-4-6-15-13-16(9-10-19(15)24-3)20(22)21-11-12-25-18-8-5-7-17(14-18)23-2/h4-5,7-10,13-14H,1,6,11-12H2,2-3H3,(H,21,22). The molecule has 0 atom stereocenters. The van der Waals surface area contributed by atoms with Crippen molar-refractivity contribution in [3.05, 3.63) is 66.2 Å². The zero-order valence-electron chi connectivity index (χ0n) is 14.6. The Hall–Kier alpha value is -2.95. The summed E-state index contributed by atoms with van der Waals surface area (Å²) in [5, 5.41) is 2.84. The maximum atomic E-state index is 12.3. The zero-order chi connectivity index (χ0) is 18.1. The number of carbonyl (C=O) groups is 1. The molecule has 132 valence electrons. The van der Waals surface area contributed by atoms with E-state index in [2.05, 4.69) is 11.9 Å². The summed E-state index contributed by atoms with van der Waals surface area (Å²) >= 11 is 0. The van der Waals surface area contributed by atoms with Crippen LogP contribution < -0.4 is 19.5 Å². The number of benzene rings is 2. The van der Waals surface area contributed by atoms with E-state index in [4.69, 9.17) is 14.2 Å². The maximum absolute atomic E-state index is 12.3. The van der Waals surface area contributed by atoms with E-state index in [1.807, 2.05) is 24.3 Å². The van der Waals surface area contributed by atoms with Crippen LogP contribution in [0.2, 0.25) is 0 Å². The first-order chi connectivity index (χ1) is 12.2. The number of nitrogens with one attached hydrogen (secondary N) is 1. The van der Waals surface area contributed by atoms with Gasteiger partial charge in [-0.2, -0.15) is 0 Å². The molecule has 0 saturated carbocycles. The summed E-state index contributed by atoms with van der Waals surface area (Å²) in [6.07, 6.45) is 2.42. The second kappa shape index (κ2) is 9.37. The minimum Gasteiger partial charge on any atom is -0.497 e. The molecule has 5 nitrogen and oxygen atoms in total. The molecule has 0 aliphatic heterocycles. The van der Waals surface area contributed by atoms with Crippen molar-refractivity contribution in [2.24, 2.45) is 0 Å². The van der Waals surface area contributed by atoms with E-state index in [1.54, 1.807) is 38.5 Å². The largest absolute Gasteiger partial charge is 0.497 e. The zero-order valence-corrected chi connectivity index (χ0v) is 14.6. The molecule has 25 heavy (non-hydrogen) atoms. The highest BCUT2D eigenvalue weighted by atomic mass is 16.5. The predicted molar refractivity (Wildman–Crippen MR) is 97.7 cm³/mol. The van der Waals surface area contributed by atoms with E-state index in [9.17, 15) is 4.79 Å². The highest BCUT2D eigenvalue weighted by Crippen LogP contribution is 2.21. The summed E-state index contributed by atoms with van der Waals surface area (Å²) in [5.41, 5.74) is 1.51. The fraction of sp³-hybridized carbons (Fsp3) is 0.250. The Kier molecular flexibility index (Phi) is 6.89. The van der Waals surface area contributed by atoms with Crippen LogP contribution in [0.4, 0.5) is 0 Å².